The molecule has 0 aromatic carbocycles. The van der Waals surface area contributed by atoms with Gasteiger partial charge >= 0.3 is 5.97 Å². The first-order chi connectivity index (χ1) is 7.88. The van der Waals surface area contributed by atoms with Crippen molar-refractivity contribution in [2.75, 3.05) is 20.3 Å². The zero-order chi connectivity index (χ0) is 13.4. The molecule has 0 rings (SSSR count). The summed E-state index contributed by atoms with van der Waals surface area (Å²) in [6, 6.07) is 0. The first kappa shape index (κ1) is 16.1. The van der Waals surface area contributed by atoms with Crippen molar-refractivity contribution in [3.8, 4) is 0 Å². The zero-order valence-electron chi connectivity index (χ0n) is 11.7. The molecule has 100 valence electrons. The SMILES string of the molecule is COC(C)COC(C)COC(=O)C(C)=C(C)C. The standard InChI is InChI=1S/C13H24O4/c1-9(2)12(5)13(14)17-8-11(4)16-7-10(3)15-6/h10-11H,7-8H2,1-6H3. The Bertz CT molecular complexity index is 267. The maximum absolute atomic E-state index is 11.5. The number of ether oxygens (including phenoxy) is 3. The normalized spacial score (nSPS) is 14.0. The smallest absolute Gasteiger partial charge is 0.333 e. The van der Waals surface area contributed by atoms with Crippen LogP contribution in [-0.2, 0) is 19.0 Å². The van der Waals surface area contributed by atoms with Crippen LogP contribution in [0, 0.1) is 0 Å². The van der Waals surface area contributed by atoms with Gasteiger partial charge in [0.05, 0.1) is 18.8 Å². The molecule has 0 fully saturated rings. The Morgan fingerprint density at radius 2 is 1.65 bits per heavy atom. The second-order valence-corrected chi connectivity index (χ2v) is 4.41. The van der Waals surface area contributed by atoms with Gasteiger partial charge in [0.1, 0.15) is 6.61 Å². The van der Waals surface area contributed by atoms with Crippen molar-refractivity contribution in [1.29, 1.82) is 0 Å². The third-order valence-electron chi connectivity index (χ3n) is 2.52. The van der Waals surface area contributed by atoms with E-state index in [2.05, 4.69) is 0 Å². The molecule has 0 aliphatic carbocycles. The van der Waals surface area contributed by atoms with Gasteiger partial charge in [-0.05, 0) is 34.6 Å². The van der Waals surface area contributed by atoms with E-state index in [-0.39, 0.29) is 24.8 Å². The summed E-state index contributed by atoms with van der Waals surface area (Å²) in [7, 11) is 1.64. The van der Waals surface area contributed by atoms with Crippen LogP contribution >= 0.6 is 0 Å². The molecule has 4 heteroatoms. The molecule has 17 heavy (non-hydrogen) atoms. The number of allylic oxidation sites excluding steroid dienone is 1. The lowest BCUT2D eigenvalue weighted by atomic mass is 10.2. The minimum atomic E-state index is -0.278. The summed E-state index contributed by atoms with van der Waals surface area (Å²) in [4.78, 5) is 11.5. The van der Waals surface area contributed by atoms with Gasteiger partial charge in [0.15, 0.2) is 0 Å². The number of hydrogen-bond donors (Lipinski definition) is 0. The van der Waals surface area contributed by atoms with Gasteiger partial charge in [-0.3, -0.25) is 0 Å². The van der Waals surface area contributed by atoms with Crippen molar-refractivity contribution in [1.82, 2.24) is 0 Å². The van der Waals surface area contributed by atoms with E-state index in [0.717, 1.165) is 5.57 Å². The maximum Gasteiger partial charge on any atom is 0.333 e. The summed E-state index contributed by atoms with van der Waals surface area (Å²) >= 11 is 0. The quantitative estimate of drug-likeness (QED) is 0.509. The second-order valence-electron chi connectivity index (χ2n) is 4.41. The number of carbonyl (C=O) groups excluding carboxylic acids is 1. The fourth-order valence-electron chi connectivity index (χ4n) is 0.921. The summed E-state index contributed by atoms with van der Waals surface area (Å²) in [5.74, 6) is -0.278. The Kier molecular flexibility index (Phi) is 7.83. The van der Waals surface area contributed by atoms with E-state index in [1.54, 1.807) is 14.0 Å². The Labute approximate surface area is 104 Å². The highest BCUT2D eigenvalue weighted by atomic mass is 16.6. The van der Waals surface area contributed by atoms with Crippen molar-refractivity contribution in [3.63, 3.8) is 0 Å². The summed E-state index contributed by atoms with van der Waals surface area (Å²) in [5.41, 5.74) is 1.62. The molecule has 0 bridgehead atoms. The van der Waals surface area contributed by atoms with Gasteiger partial charge < -0.3 is 14.2 Å². The van der Waals surface area contributed by atoms with E-state index in [1.807, 2.05) is 27.7 Å². The van der Waals surface area contributed by atoms with Crippen LogP contribution in [0.4, 0.5) is 0 Å². The molecule has 0 aliphatic heterocycles. The molecular weight excluding hydrogens is 220 g/mol. The molecule has 2 atom stereocenters. The summed E-state index contributed by atoms with van der Waals surface area (Å²) in [6.45, 7) is 10.1. The number of hydrogen-bond acceptors (Lipinski definition) is 4. The molecule has 0 spiro atoms. The number of methoxy groups -OCH3 is 1. The van der Waals surface area contributed by atoms with Crippen LogP contribution in [0.25, 0.3) is 0 Å². The average molecular weight is 244 g/mol. The molecule has 0 saturated carbocycles. The number of rotatable bonds is 7. The minimum Gasteiger partial charge on any atom is -0.460 e. The van der Waals surface area contributed by atoms with Gasteiger partial charge in [-0.1, -0.05) is 5.57 Å². The van der Waals surface area contributed by atoms with E-state index >= 15 is 0 Å². The molecule has 0 radical (unpaired) electrons. The Balaban J connectivity index is 3.89. The van der Waals surface area contributed by atoms with Crippen molar-refractivity contribution in [2.24, 2.45) is 0 Å². The first-order valence-electron chi connectivity index (χ1n) is 5.84. The Morgan fingerprint density at radius 1 is 1.06 bits per heavy atom. The van der Waals surface area contributed by atoms with E-state index in [0.29, 0.717) is 12.2 Å². The van der Waals surface area contributed by atoms with Crippen molar-refractivity contribution < 1.29 is 19.0 Å². The van der Waals surface area contributed by atoms with Gasteiger partial charge in [0, 0.05) is 12.7 Å². The molecular formula is C13H24O4. The lowest BCUT2D eigenvalue weighted by molar-refractivity contribution is -0.143. The number of esters is 1. The summed E-state index contributed by atoms with van der Waals surface area (Å²) in [5, 5.41) is 0. The zero-order valence-corrected chi connectivity index (χ0v) is 11.7. The van der Waals surface area contributed by atoms with Crippen molar-refractivity contribution >= 4 is 5.97 Å². The topological polar surface area (TPSA) is 44.8 Å². The van der Waals surface area contributed by atoms with Crippen LogP contribution < -0.4 is 0 Å². The Hall–Kier alpha value is -0.870. The number of carbonyl (C=O) groups is 1. The molecule has 0 aromatic heterocycles. The second kappa shape index (κ2) is 8.25. The van der Waals surface area contributed by atoms with E-state index in [9.17, 15) is 4.79 Å². The molecule has 0 N–H and O–H groups in total. The lowest BCUT2D eigenvalue weighted by Crippen LogP contribution is -2.24. The Morgan fingerprint density at radius 3 is 2.12 bits per heavy atom. The van der Waals surface area contributed by atoms with E-state index in [1.165, 1.54) is 0 Å². The van der Waals surface area contributed by atoms with Crippen LogP contribution in [0.2, 0.25) is 0 Å². The highest BCUT2D eigenvalue weighted by Crippen LogP contribution is 2.05. The highest BCUT2D eigenvalue weighted by molar-refractivity contribution is 5.88. The van der Waals surface area contributed by atoms with Crippen LogP contribution in [0.3, 0.4) is 0 Å². The summed E-state index contributed by atoms with van der Waals surface area (Å²) in [6.07, 6.45) is -0.0748. The largest absolute Gasteiger partial charge is 0.460 e. The monoisotopic (exact) mass is 244 g/mol. The average Bonchev–Trinajstić information content (AvgIpc) is 2.31. The molecule has 0 aliphatic rings. The van der Waals surface area contributed by atoms with Crippen molar-refractivity contribution in [3.05, 3.63) is 11.1 Å². The maximum atomic E-state index is 11.5. The van der Waals surface area contributed by atoms with E-state index < -0.39 is 0 Å². The van der Waals surface area contributed by atoms with Gasteiger partial charge in [0.2, 0.25) is 0 Å². The van der Waals surface area contributed by atoms with Crippen molar-refractivity contribution in [2.45, 2.75) is 46.8 Å². The molecule has 4 nitrogen and oxygen atoms in total. The van der Waals surface area contributed by atoms with E-state index in [4.69, 9.17) is 14.2 Å². The van der Waals surface area contributed by atoms with Crippen LogP contribution in [0.5, 0.6) is 0 Å². The fourth-order valence-corrected chi connectivity index (χ4v) is 0.921. The molecule has 0 saturated heterocycles. The molecule has 0 heterocycles. The molecule has 2 unspecified atom stereocenters. The van der Waals surface area contributed by atoms with Crippen LogP contribution in [-0.4, -0.2) is 38.5 Å². The third kappa shape index (κ3) is 7.13. The summed E-state index contributed by atoms with van der Waals surface area (Å²) < 4.78 is 15.7. The lowest BCUT2D eigenvalue weighted by Gasteiger charge is -2.16. The van der Waals surface area contributed by atoms with Gasteiger partial charge in [-0.2, -0.15) is 0 Å². The minimum absolute atomic E-state index is 0.0488. The highest BCUT2D eigenvalue weighted by Gasteiger charge is 2.11. The van der Waals surface area contributed by atoms with Gasteiger partial charge in [0.25, 0.3) is 0 Å². The molecule has 0 amide bonds. The van der Waals surface area contributed by atoms with Crippen LogP contribution in [0.1, 0.15) is 34.6 Å². The third-order valence-corrected chi connectivity index (χ3v) is 2.52. The van der Waals surface area contributed by atoms with Gasteiger partial charge in [-0.15, -0.1) is 0 Å². The first-order valence-corrected chi connectivity index (χ1v) is 5.84. The molecule has 0 aromatic rings. The predicted molar refractivity (Wildman–Crippen MR) is 66.9 cm³/mol. The predicted octanol–water partition coefficient (Wildman–Crippen LogP) is 2.33. The van der Waals surface area contributed by atoms with Gasteiger partial charge in [-0.25, -0.2) is 4.79 Å². The van der Waals surface area contributed by atoms with Crippen LogP contribution in [0.15, 0.2) is 11.1 Å². The fraction of sp³-hybridized carbons (Fsp3) is 0.769.